The molecule has 200 valence electrons. The number of carbonyl (C=O) groups is 3. The van der Waals surface area contributed by atoms with Gasteiger partial charge in [0.1, 0.15) is 17.8 Å². The molecule has 3 rings (SSSR count). The summed E-state index contributed by atoms with van der Waals surface area (Å²) in [6.45, 7) is 3.61. The van der Waals surface area contributed by atoms with Gasteiger partial charge in [-0.1, -0.05) is 19.9 Å². The van der Waals surface area contributed by atoms with E-state index >= 15 is 0 Å². The van der Waals surface area contributed by atoms with E-state index in [1.165, 1.54) is 20.3 Å². The van der Waals surface area contributed by atoms with Crippen molar-refractivity contribution in [3.63, 3.8) is 0 Å². The highest BCUT2D eigenvalue weighted by molar-refractivity contribution is 5.91. The van der Waals surface area contributed by atoms with Gasteiger partial charge in [-0.05, 0) is 36.4 Å². The summed E-state index contributed by atoms with van der Waals surface area (Å²) in [5.41, 5.74) is 1.33. The molecule has 0 aromatic heterocycles. The zero-order valence-corrected chi connectivity index (χ0v) is 21.7. The molecule has 0 saturated carbocycles. The molecule has 12 nitrogen and oxygen atoms in total. The molecular formula is C25H32N4O8. The van der Waals surface area contributed by atoms with Crippen molar-refractivity contribution in [1.82, 2.24) is 16.0 Å². The maximum absolute atomic E-state index is 12.8. The molecule has 3 N–H and O–H groups in total. The third-order valence-electron chi connectivity index (χ3n) is 5.61. The number of hydrogen-bond donors (Lipinski definition) is 3. The van der Waals surface area contributed by atoms with E-state index < -0.39 is 34.8 Å². The van der Waals surface area contributed by atoms with Crippen LogP contribution in [-0.4, -0.2) is 63.7 Å². The predicted molar refractivity (Wildman–Crippen MR) is 135 cm³/mol. The standard InChI is InChI=1S/C23H26N4O8.C2H6/c1-24-20-13-5-6-18(33-2)14(10-13)15-7-12(9-17(27(31)32)21(15)34-3)8-16(23(30)35-4)26-19(28)11-25-22(20)29;1-2/h5-7,9-10,16,20,24H,8,11H2,1-4H3,(H,25,29)(H,26,28);1-2H3. The Kier molecular flexibility index (Phi) is 10.4. The summed E-state index contributed by atoms with van der Waals surface area (Å²) in [4.78, 5) is 49.0. The molecular weight excluding hydrogens is 484 g/mol. The van der Waals surface area contributed by atoms with E-state index in [4.69, 9.17) is 14.2 Å². The van der Waals surface area contributed by atoms with Crippen molar-refractivity contribution >= 4 is 23.5 Å². The van der Waals surface area contributed by atoms with Crippen LogP contribution in [0.25, 0.3) is 11.1 Å². The number of nitrogens with zero attached hydrogens (tertiary/aromatic N) is 1. The number of nitro groups is 1. The first-order chi connectivity index (χ1) is 17.7. The normalized spacial score (nSPS) is 17.1. The maximum atomic E-state index is 12.8. The zero-order valence-electron chi connectivity index (χ0n) is 21.7. The number of carbonyl (C=O) groups excluding carboxylic acids is 3. The SMILES string of the molecule is CC.CNC1C(=O)NCC(=O)NC(C(=O)OC)Cc2cc(c(OC)c([N+](=O)[O-])c2)-c2cc1ccc2OC. The van der Waals surface area contributed by atoms with Crippen LogP contribution >= 0.6 is 0 Å². The number of benzene rings is 2. The van der Waals surface area contributed by atoms with E-state index in [0.29, 0.717) is 28.0 Å². The van der Waals surface area contributed by atoms with Gasteiger partial charge in [-0.3, -0.25) is 19.7 Å². The first kappa shape index (κ1) is 29.0. The second-order valence-electron chi connectivity index (χ2n) is 7.70. The van der Waals surface area contributed by atoms with Gasteiger partial charge in [-0.15, -0.1) is 0 Å². The Balaban J connectivity index is 0.00000235. The van der Waals surface area contributed by atoms with Crippen molar-refractivity contribution < 1.29 is 33.5 Å². The first-order valence-corrected chi connectivity index (χ1v) is 11.6. The highest BCUT2D eigenvalue weighted by atomic mass is 16.6. The van der Waals surface area contributed by atoms with Crippen LogP contribution in [0.15, 0.2) is 30.3 Å². The van der Waals surface area contributed by atoms with Gasteiger partial charge in [-0.2, -0.15) is 0 Å². The molecule has 0 aliphatic carbocycles. The van der Waals surface area contributed by atoms with Crippen molar-refractivity contribution in [2.75, 3.05) is 34.9 Å². The van der Waals surface area contributed by atoms with Gasteiger partial charge >= 0.3 is 11.7 Å². The van der Waals surface area contributed by atoms with Gasteiger partial charge in [0, 0.05) is 23.6 Å². The van der Waals surface area contributed by atoms with E-state index in [2.05, 4.69) is 16.0 Å². The van der Waals surface area contributed by atoms with Gasteiger partial charge < -0.3 is 30.2 Å². The molecule has 2 unspecified atom stereocenters. The van der Waals surface area contributed by atoms with Gasteiger partial charge in [0.25, 0.3) is 0 Å². The molecule has 1 aliphatic heterocycles. The Hall–Kier alpha value is -4.19. The Morgan fingerprint density at radius 1 is 1.08 bits per heavy atom. The van der Waals surface area contributed by atoms with Gasteiger partial charge in [-0.25, -0.2) is 4.79 Å². The monoisotopic (exact) mass is 516 g/mol. The van der Waals surface area contributed by atoms with E-state index in [0.717, 1.165) is 7.11 Å². The predicted octanol–water partition coefficient (Wildman–Crippen LogP) is 1.90. The Morgan fingerprint density at radius 3 is 2.35 bits per heavy atom. The second kappa shape index (κ2) is 13.2. The third kappa shape index (κ3) is 6.53. The fraction of sp³-hybridized carbons (Fsp3) is 0.400. The highest BCUT2D eigenvalue weighted by Gasteiger charge is 2.29. The van der Waals surface area contributed by atoms with Gasteiger partial charge in [0.05, 0.1) is 32.8 Å². The molecule has 1 heterocycles. The van der Waals surface area contributed by atoms with Crippen LogP contribution in [0, 0.1) is 10.1 Å². The van der Waals surface area contributed by atoms with Crippen LogP contribution in [-0.2, 0) is 25.5 Å². The lowest BCUT2D eigenvalue weighted by molar-refractivity contribution is -0.385. The fourth-order valence-electron chi connectivity index (χ4n) is 3.99. The Labute approximate surface area is 214 Å². The summed E-state index contributed by atoms with van der Waals surface area (Å²) in [7, 11) is 5.50. The molecule has 0 spiro atoms. The number of rotatable bonds is 5. The van der Waals surface area contributed by atoms with Crippen molar-refractivity contribution in [3.05, 3.63) is 51.6 Å². The Bertz CT molecular complexity index is 1170. The second-order valence-corrected chi connectivity index (χ2v) is 7.70. The minimum absolute atomic E-state index is 0.0228. The molecule has 0 radical (unpaired) electrons. The van der Waals surface area contributed by atoms with Crippen molar-refractivity contribution in [1.29, 1.82) is 0 Å². The van der Waals surface area contributed by atoms with Crippen molar-refractivity contribution in [2.24, 2.45) is 0 Å². The first-order valence-electron chi connectivity index (χ1n) is 11.6. The fourth-order valence-corrected chi connectivity index (χ4v) is 3.99. The lowest BCUT2D eigenvalue weighted by Gasteiger charge is -2.22. The molecule has 12 heteroatoms. The number of methoxy groups -OCH3 is 3. The summed E-state index contributed by atoms with van der Waals surface area (Å²) in [6.07, 6.45) is -0.106. The number of amides is 2. The van der Waals surface area contributed by atoms with Crippen molar-refractivity contribution in [2.45, 2.75) is 32.4 Å². The summed E-state index contributed by atoms with van der Waals surface area (Å²) in [6, 6.07) is 5.87. The summed E-state index contributed by atoms with van der Waals surface area (Å²) in [5.74, 6) is -1.50. The van der Waals surface area contributed by atoms with Gasteiger partial charge in [0.2, 0.25) is 17.6 Å². The average molecular weight is 517 g/mol. The topological polar surface area (TPSA) is 158 Å². The molecule has 4 bridgehead atoms. The number of ether oxygens (including phenoxy) is 3. The number of likely N-dealkylation sites (N-methyl/N-ethyl adjacent to an activating group) is 1. The van der Waals surface area contributed by atoms with E-state index in [1.54, 1.807) is 31.3 Å². The van der Waals surface area contributed by atoms with Crippen LogP contribution in [0.4, 0.5) is 5.69 Å². The molecule has 2 amide bonds. The smallest absolute Gasteiger partial charge is 0.328 e. The number of nitrogens with one attached hydrogen (secondary N) is 3. The lowest BCUT2D eigenvalue weighted by atomic mass is 9.93. The van der Waals surface area contributed by atoms with E-state index in [1.807, 2.05) is 13.8 Å². The van der Waals surface area contributed by atoms with E-state index in [9.17, 15) is 24.5 Å². The van der Waals surface area contributed by atoms with Crippen LogP contribution in [0.1, 0.15) is 31.0 Å². The minimum atomic E-state index is -1.15. The Morgan fingerprint density at radius 2 is 1.78 bits per heavy atom. The molecule has 0 fully saturated rings. The number of nitro benzene ring substituents is 1. The zero-order chi connectivity index (χ0) is 27.7. The summed E-state index contributed by atoms with van der Waals surface area (Å²) >= 11 is 0. The molecule has 0 saturated heterocycles. The molecule has 1 aliphatic rings. The van der Waals surface area contributed by atoms with E-state index in [-0.39, 0.29) is 24.4 Å². The lowest BCUT2D eigenvalue weighted by Crippen LogP contribution is -2.48. The highest BCUT2D eigenvalue weighted by Crippen LogP contribution is 2.43. The maximum Gasteiger partial charge on any atom is 0.328 e. The summed E-state index contributed by atoms with van der Waals surface area (Å²) in [5, 5.41) is 19.9. The van der Waals surface area contributed by atoms with Crippen LogP contribution in [0.2, 0.25) is 0 Å². The molecule has 2 aromatic carbocycles. The largest absolute Gasteiger partial charge is 0.496 e. The minimum Gasteiger partial charge on any atom is -0.496 e. The van der Waals surface area contributed by atoms with Crippen LogP contribution < -0.4 is 25.4 Å². The molecule has 2 aromatic rings. The van der Waals surface area contributed by atoms with Crippen LogP contribution in [0.5, 0.6) is 11.5 Å². The van der Waals surface area contributed by atoms with Crippen molar-refractivity contribution in [3.8, 4) is 22.6 Å². The quantitative estimate of drug-likeness (QED) is 0.306. The number of hydrogen-bond acceptors (Lipinski definition) is 9. The average Bonchev–Trinajstić information content (AvgIpc) is 2.91. The van der Waals surface area contributed by atoms with Gasteiger partial charge in [0.15, 0.2) is 0 Å². The number of esters is 1. The van der Waals surface area contributed by atoms with Crippen LogP contribution in [0.3, 0.4) is 0 Å². The molecule has 2 atom stereocenters. The number of fused-ring (bicyclic) bond motifs is 5. The molecule has 37 heavy (non-hydrogen) atoms. The summed E-state index contributed by atoms with van der Waals surface area (Å²) < 4.78 is 15.7. The third-order valence-corrected chi connectivity index (χ3v) is 5.61.